The first-order valence-corrected chi connectivity index (χ1v) is 5.90. The van der Waals surface area contributed by atoms with Crippen molar-refractivity contribution in [3.63, 3.8) is 0 Å². The zero-order valence-electron chi connectivity index (χ0n) is 11.7. The van der Waals surface area contributed by atoms with Gasteiger partial charge in [0.15, 0.2) is 5.96 Å². The van der Waals surface area contributed by atoms with Crippen molar-refractivity contribution in [1.82, 2.24) is 10.6 Å². The molecule has 0 fully saturated rings. The van der Waals surface area contributed by atoms with E-state index in [0.717, 1.165) is 22.8 Å². The summed E-state index contributed by atoms with van der Waals surface area (Å²) in [5.74, 6) is 1.66. The number of rotatable bonds is 5. The fourth-order valence-electron chi connectivity index (χ4n) is 1.55. The molecule has 5 heteroatoms. The quantitative estimate of drug-likeness (QED) is 0.360. The normalized spacial score (nSPS) is 10.4. The number of benzene rings is 1. The highest BCUT2D eigenvalue weighted by Gasteiger charge is 2.01. The van der Waals surface area contributed by atoms with Crippen molar-refractivity contribution in [2.75, 3.05) is 20.7 Å². The van der Waals surface area contributed by atoms with Gasteiger partial charge in [0.05, 0.1) is 7.11 Å². The molecular weight excluding hydrogens is 353 g/mol. The number of guanidine groups is 1. The molecule has 0 unspecified atom stereocenters. The molecule has 0 spiro atoms. The van der Waals surface area contributed by atoms with E-state index in [-0.39, 0.29) is 24.0 Å². The van der Waals surface area contributed by atoms with Gasteiger partial charge in [0.25, 0.3) is 0 Å². The summed E-state index contributed by atoms with van der Waals surface area (Å²) in [6, 6.07) is 6.16. The van der Waals surface area contributed by atoms with E-state index in [4.69, 9.17) is 4.74 Å². The van der Waals surface area contributed by atoms with Crippen LogP contribution in [0.4, 0.5) is 0 Å². The molecule has 1 aromatic carbocycles. The maximum Gasteiger partial charge on any atom is 0.191 e. The lowest BCUT2D eigenvalue weighted by Crippen LogP contribution is -2.36. The van der Waals surface area contributed by atoms with Gasteiger partial charge >= 0.3 is 0 Å². The first-order chi connectivity index (χ1) is 8.71. The summed E-state index contributed by atoms with van der Waals surface area (Å²) in [6.45, 7) is 7.08. The fraction of sp³-hybridized carbons (Fsp3) is 0.357. The maximum absolute atomic E-state index is 5.30. The van der Waals surface area contributed by atoms with Gasteiger partial charge in [-0.1, -0.05) is 18.2 Å². The van der Waals surface area contributed by atoms with E-state index in [1.807, 2.05) is 13.0 Å². The molecule has 0 aromatic heterocycles. The molecule has 0 heterocycles. The molecule has 1 rings (SSSR count). The lowest BCUT2D eigenvalue weighted by Gasteiger charge is -2.12. The highest BCUT2D eigenvalue weighted by atomic mass is 127. The van der Waals surface area contributed by atoms with Crippen molar-refractivity contribution in [1.29, 1.82) is 0 Å². The van der Waals surface area contributed by atoms with Crippen LogP contribution in [-0.4, -0.2) is 26.7 Å². The molecule has 1 aromatic rings. The number of halogens is 1. The zero-order chi connectivity index (χ0) is 13.4. The van der Waals surface area contributed by atoms with Gasteiger partial charge in [-0.2, -0.15) is 0 Å². The minimum atomic E-state index is 0. The molecule has 0 amide bonds. The Balaban J connectivity index is 0.00000324. The number of hydrogen-bond acceptors (Lipinski definition) is 2. The smallest absolute Gasteiger partial charge is 0.191 e. The topological polar surface area (TPSA) is 45.7 Å². The minimum Gasteiger partial charge on any atom is -0.496 e. The van der Waals surface area contributed by atoms with Gasteiger partial charge in [-0.05, 0) is 24.1 Å². The van der Waals surface area contributed by atoms with Gasteiger partial charge in [-0.15, -0.1) is 30.6 Å². The van der Waals surface area contributed by atoms with Crippen molar-refractivity contribution in [3.05, 3.63) is 42.0 Å². The van der Waals surface area contributed by atoms with E-state index >= 15 is 0 Å². The van der Waals surface area contributed by atoms with Crippen LogP contribution in [0.1, 0.15) is 11.1 Å². The molecule has 0 saturated carbocycles. The highest BCUT2D eigenvalue weighted by molar-refractivity contribution is 14.0. The van der Waals surface area contributed by atoms with Gasteiger partial charge in [-0.3, -0.25) is 4.99 Å². The SMILES string of the molecule is C=CCNC(=NC)NCc1ccc(C)c(OC)c1.I. The van der Waals surface area contributed by atoms with E-state index in [1.165, 1.54) is 0 Å². The Morgan fingerprint density at radius 3 is 2.74 bits per heavy atom. The molecule has 4 nitrogen and oxygen atoms in total. The molecule has 0 aliphatic heterocycles. The van der Waals surface area contributed by atoms with E-state index in [1.54, 1.807) is 20.2 Å². The number of nitrogens with zero attached hydrogens (tertiary/aromatic N) is 1. The Hall–Kier alpha value is -1.24. The van der Waals surface area contributed by atoms with Crippen LogP contribution in [0.25, 0.3) is 0 Å². The zero-order valence-corrected chi connectivity index (χ0v) is 14.0. The number of methoxy groups -OCH3 is 1. The molecule has 0 bridgehead atoms. The number of ether oxygens (including phenoxy) is 1. The van der Waals surface area contributed by atoms with Crippen molar-refractivity contribution >= 4 is 29.9 Å². The summed E-state index contributed by atoms with van der Waals surface area (Å²) in [4.78, 5) is 4.12. The molecule has 0 aliphatic carbocycles. The second kappa shape index (κ2) is 9.66. The third-order valence-electron chi connectivity index (χ3n) is 2.57. The molecule has 19 heavy (non-hydrogen) atoms. The molecule has 106 valence electrons. The van der Waals surface area contributed by atoms with Crippen molar-refractivity contribution in [2.45, 2.75) is 13.5 Å². The van der Waals surface area contributed by atoms with E-state index < -0.39 is 0 Å². The average molecular weight is 375 g/mol. The Bertz CT molecular complexity index is 433. The fourth-order valence-corrected chi connectivity index (χ4v) is 1.55. The summed E-state index contributed by atoms with van der Waals surface area (Å²) in [7, 11) is 3.43. The van der Waals surface area contributed by atoms with E-state index in [0.29, 0.717) is 13.1 Å². The Kier molecular flexibility index (Phi) is 9.03. The van der Waals surface area contributed by atoms with Gasteiger partial charge in [0.2, 0.25) is 0 Å². The van der Waals surface area contributed by atoms with Gasteiger partial charge in [0.1, 0.15) is 5.75 Å². The maximum atomic E-state index is 5.30. The second-order valence-electron chi connectivity index (χ2n) is 3.90. The van der Waals surface area contributed by atoms with Crippen LogP contribution in [0.15, 0.2) is 35.8 Å². The molecular formula is C14H22IN3O. The van der Waals surface area contributed by atoms with Crippen molar-refractivity contribution in [3.8, 4) is 5.75 Å². The van der Waals surface area contributed by atoms with Crippen molar-refractivity contribution in [2.24, 2.45) is 4.99 Å². The van der Waals surface area contributed by atoms with Crippen LogP contribution < -0.4 is 15.4 Å². The number of aryl methyl sites for hydroxylation is 1. The third-order valence-corrected chi connectivity index (χ3v) is 2.57. The highest BCUT2D eigenvalue weighted by Crippen LogP contribution is 2.18. The van der Waals surface area contributed by atoms with Crippen LogP contribution in [0, 0.1) is 6.92 Å². The number of hydrogen-bond donors (Lipinski definition) is 2. The summed E-state index contributed by atoms with van der Waals surface area (Å²) in [5, 5.41) is 6.35. The number of aliphatic imine (C=N–C) groups is 1. The van der Waals surface area contributed by atoms with Crippen molar-refractivity contribution < 1.29 is 4.74 Å². The van der Waals surface area contributed by atoms with Gasteiger partial charge in [-0.25, -0.2) is 0 Å². The lowest BCUT2D eigenvalue weighted by molar-refractivity contribution is 0.411. The first kappa shape index (κ1) is 17.8. The van der Waals surface area contributed by atoms with Crippen LogP contribution in [0.5, 0.6) is 5.75 Å². The second-order valence-corrected chi connectivity index (χ2v) is 3.90. The standard InChI is InChI=1S/C14H21N3O.HI/c1-5-8-16-14(15-3)17-10-12-7-6-11(2)13(9-12)18-4;/h5-7,9H,1,8,10H2,2-4H3,(H2,15,16,17);1H. The Labute approximate surface area is 132 Å². The number of nitrogens with one attached hydrogen (secondary N) is 2. The molecule has 0 atom stereocenters. The van der Waals surface area contributed by atoms with Gasteiger partial charge in [0, 0.05) is 20.1 Å². The molecule has 2 N–H and O–H groups in total. The van der Waals surface area contributed by atoms with Crippen LogP contribution in [-0.2, 0) is 6.54 Å². The van der Waals surface area contributed by atoms with E-state index in [2.05, 4.69) is 34.3 Å². The first-order valence-electron chi connectivity index (χ1n) is 5.90. The Morgan fingerprint density at radius 2 is 2.16 bits per heavy atom. The molecule has 0 aliphatic rings. The lowest BCUT2D eigenvalue weighted by atomic mass is 10.1. The summed E-state index contributed by atoms with van der Waals surface area (Å²) < 4.78 is 5.30. The summed E-state index contributed by atoms with van der Waals surface area (Å²) in [5.41, 5.74) is 2.29. The summed E-state index contributed by atoms with van der Waals surface area (Å²) in [6.07, 6.45) is 1.79. The summed E-state index contributed by atoms with van der Waals surface area (Å²) >= 11 is 0. The monoisotopic (exact) mass is 375 g/mol. The third kappa shape index (κ3) is 5.96. The molecule has 0 saturated heterocycles. The van der Waals surface area contributed by atoms with Crippen LogP contribution >= 0.6 is 24.0 Å². The average Bonchev–Trinajstić information content (AvgIpc) is 2.40. The van der Waals surface area contributed by atoms with Crippen LogP contribution in [0.2, 0.25) is 0 Å². The minimum absolute atomic E-state index is 0. The Morgan fingerprint density at radius 1 is 1.42 bits per heavy atom. The predicted octanol–water partition coefficient (Wildman–Crippen LogP) is 2.47. The van der Waals surface area contributed by atoms with Crippen LogP contribution in [0.3, 0.4) is 0 Å². The predicted molar refractivity (Wildman–Crippen MR) is 91.5 cm³/mol. The largest absolute Gasteiger partial charge is 0.496 e. The van der Waals surface area contributed by atoms with E-state index in [9.17, 15) is 0 Å². The van der Waals surface area contributed by atoms with Gasteiger partial charge < -0.3 is 15.4 Å². The molecule has 0 radical (unpaired) electrons.